The molecule has 12 rings (SSSR count). The van der Waals surface area contributed by atoms with Gasteiger partial charge in [-0.2, -0.15) is 5.26 Å². The van der Waals surface area contributed by atoms with Crippen molar-refractivity contribution in [1.82, 2.24) is 0 Å². The summed E-state index contributed by atoms with van der Waals surface area (Å²) in [6.45, 7) is 4.55. The van der Waals surface area contributed by atoms with Gasteiger partial charge in [0, 0.05) is 48.9 Å². The molecule has 1 N–H and O–H groups in total. The summed E-state index contributed by atoms with van der Waals surface area (Å²) >= 11 is 1.45. The number of hydrogen-bond acceptors (Lipinski definition) is 5. The molecule has 0 spiro atoms. The van der Waals surface area contributed by atoms with Crippen LogP contribution in [-0.2, 0) is 28.7 Å². The van der Waals surface area contributed by atoms with E-state index in [1.54, 1.807) is 6.07 Å². The number of rotatable bonds is 20. The number of unbranched alkanes of at least 4 members (excludes halogenated alkanes) is 6. The van der Waals surface area contributed by atoms with Crippen molar-refractivity contribution in [2.45, 2.75) is 89.1 Å². The van der Waals surface area contributed by atoms with Gasteiger partial charge in [-0.05, 0) is 142 Å². The smallest absolute Gasteiger partial charge is 0.346 e. The van der Waals surface area contributed by atoms with Crippen molar-refractivity contribution in [3.63, 3.8) is 0 Å². The van der Waals surface area contributed by atoms with E-state index >= 15 is 0 Å². The van der Waals surface area contributed by atoms with Gasteiger partial charge in [-0.25, -0.2) is 4.79 Å². The highest BCUT2D eigenvalue weighted by Gasteiger charge is 2.51. The quantitative estimate of drug-likeness (QED) is 0.0468. The molecule has 0 saturated heterocycles. The number of fused-ring (bicyclic) bond motifs is 8. The maximum absolute atomic E-state index is 11.7. The molecule has 1 aliphatic heterocycles. The Bertz CT molecular complexity index is 3910. The largest absolute Gasteiger partial charge is 0.477 e. The number of hydrogen-bond donors (Lipinski definition) is 1. The van der Waals surface area contributed by atoms with Gasteiger partial charge in [-0.1, -0.05) is 228 Å². The fourth-order valence-electron chi connectivity index (χ4n) is 12.7. The van der Waals surface area contributed by atoms with E-state index < -0.39 is 17.0 Å². The Morgan fingerprint density at radius 2 is 1.13 bits per heavy atom. The lowest BCUT2D eigenvalue weighted by atomic mass is 9.65. The van der Waals surface area contributed by atoms with Gasteiger partial charge in [-0.15, -0.1) is 11.3 Å². The zero-order chi connectivity index (χ0) is 56.0. The highest BCUT2D eigenvalue weighted by Crippen LogP contribution is 2.63. The van der Waals surface area contributed by atoms with Crippen molar-refractivity contribution >= 4 is 57.3 Å². The molecule has 0 fully saturated rings. The Labute approximate surface area is 486 Å². The number of carboxylic acids is 1. The molecular weight excluding hydrogens is 1020 g/mol. The van der Waals surface area contributed by atoms with Crippen molar-refractivity contribution in [2.75, 3.05) is 4.90 Å². The van der Waals surface area contributed by atoms with Gasteiger partial charge in [0.25, 0.3) is 0 Å². The summed E-state index contributed by atoms with van der Waals surface area (Å²) < 4.78 is 7.98. The minimum atomic E-state index is -1.24. The van der Waals surface area contributed by atoms with Gasteiger partial charge in [0.2, 0.25) is 0 Å². The number of anilines is 3. The normalized spacial score (nSPS) is 14.8. The summed E-state index contributed by atoms with van der Waals surface area (Å²) in [6.07, 6.45) is 17.9. The molecule has 2 aliphatic rings. The lowest BCUT2D eigenvalue weighted by molar-refractivity contribution is -0.132. The molecule has 0 bridgehead atoms. The zero-order valence-electron chi connectivity index (χ0n) is 46.7. The summed E-state index contributed by atoms with van der Waals surface area (Å²) in [7, 11) is 0. The van der Waals surface area contributed by atoms with Gasteiger partial charge in [-0.3, -0.25) is 0 Å². The van der Waals surface area contributed by atoms with Gasteiger partial charge in [0.1, 0.15) is 17.4 Å². The molecule has 9 aromatic carbocycles. The Morgan fingerprint density at radius 1 is 0.585 bits per heavy atom. The van der Waals surface area contributed by atoms with Crippen molar-refractivity contribution in [3.05, 3.63) is 285 Å². The van der Waals surface area contributed by atoms with Crippen LogP contribution in [0.25, 0.3) is 44.5 Å². The second-order valence-corrected chi connectivity index (χ2v) is 22.9. The van der Waals surface area contributed by atoms with E-state index in [2.05, 4.69) is 237 Å². The molecule has 0 amide bonds. The van der Waals surface area contributed by atoms with Gasteiger partial charge < -0.3 is 14.7 Å². The molecule has 0 saturated carbocycles. The second kappa shape index (κ2) is 23.6. The zero-order valence-corrected chi connectivity index (χ0v) is 47.5. The number of nitriles is 1. The number of nitrogens with zero attached hydrogens (tertiary/aromatic N) is 2. The van der Waals surface area contributed by atoms with Crippen LogP contribution in [-0.4, -0.2) is 11.1 Å². The number of aliphatic carboxylic acids is 1. The first-order valence-electron chi connectivity index (χ1n) is 29.2. The third-order valence-corrected chi connectivity index (χ3v) is 17.8. The first-order valence-corrected chi connectivity index (χ1v) is 30.0. The number of carboxylic acid groups (broad SMARTS) is 1. The van der Waals surface area contributed by atoms with Crippen molar-refractivity contribution < 1.29 is 14.6 Å². The van der Waals surface area contributed by atoms with Crippen LogP contribution in [0.4, 0.5) is 17.1 Å². The standard InChI is InChI=1S/C76H66N2O3S/c1-3-5-7-12-22-53-32-38-59(39-33-53)76(60-40-34-54(35-41-60)23-13-8-6-4-2)69-51-63(78(61-26-16-10-17-27-61)62-28-18-11-19-29-62)44-46-67(69)71-65-30-20-21-31-66(65)73-68(72(71)76)48-49-75(81-73,57-24-14-9-15-25-57)58-42-36-55(37-43-58)70-47-45-64(82-70)50-56(52-77)74(79)80/h9-11,14-21,24-51H,3-8,12-13,22-23H2,1-2H3,(H,79,80)/b56-50-. The average Bonchev–Trinajstić information content (AvgIpc) is 2.91. The van der Waals surface area contributed by atoms with Crippen LogP contribution in [0, 0.1) is 11.3 Å². The number of ether oxygens (including phenoxy) is 1. The van der Waals surface area contributed by atoms with Crippen molar-refractivity contribution in [1.29, 1.82) is 5.26 Å². The lowest BCUT2D eigenvalue weighted by Gasteiger charge is -2.40. The Hall–Kier alpha value is -9.02. The van der Waals surface area contributed by atoms with Crippen LogP contribution >= 0.6 is 11.3 Å². The monoisotopic (exact) mass is 1090 g/mol. The molecule has 10 aromatic rings. The highest BCUT2D eigenvalue weighted by atomic mass is 32.1. The average molecular weight is 1090 g/mol. The van der Waals surface area contributed by atoms with E-state index in [1.807, 2.05) is 12.1 Å². The van der Waals surface area contributed by atoms with Crippen LogP contribution in [0.5, 0.6) is 5.75 Å². The summed E-state index contributed by atoms with van der Waals surface area (Å²) in [5.41, 5.74) is 15.1. The van der Waals surface area contributed by atoms with Crippen LogP contribution < -0.4 is 9.64 Å². The first kappa shape index (κ1) is 53.6. The predicted octanol–water partition coefficient (Wildman–Crippen LogP) is 20.0. The number of carbonyl (C=O) groups is 1. The maximum Gasteiger partial charge on any atom is 0.346 e. The predicted molar refractivity (Wildman–Crippen MR) is 339 cm³/mol. The first-order chi connectivity index (χ1) is 40.3. The van der Waals surface area contributed by atoms with Crippen LogP contribution in [0.1, 0.15) is 120 Å². The molecule has 1 unspecified atom stereocenters. The third kappa shape index (κ3) is 9.94. The van der Waals surface area contributed by atoms with E-state index in [9.17, 15) is 15.2 Å². The number of benzene rings is 9. The number of aryl methyl sites for hydroxylation is 2. The highest BCUT2D eigenvalue weighted by molar-refractivity contribution is 7.16. The fourth-order valence-corrected chi connectivity index (χ4v) is 13.7. The minimum Gasteiger partial charge on any atom is -0.477 e. The summed E-state index contributed by atoms with van der Waals surface area (Å²) in [5, 5.41) is 21.2. The SMILES string of the molecule is CCCCCCc1ccc(C2(c3ccc(CCCCCC)cc3)c3cc(N(c4ccccc4)c4ccccc4)ccc3-c3c2c2c(c4ccccc34)OC(c3ccccc3)(c3ccc(-c4ccc(/C=C(/C#N)C(=O)O)s4)cc3)C=C2)cc1. The summed E-state index contributed by atoms with van der Waals surface area (Å²) in [4.78, 5) is 15.7. The Kier molecular flexibility index (Phi) is 15.4. The lowest BCUT2D eigenvalue weighted by Crippen LogP contribution is -2.36. The molecule has 5 nitrogen and oxygen atoms in total. The molecule has 82 heavy (non-hydrogen) atoms. The Morgan fingerprint density at radius 3 is 1.71 bits per heavy atom. The van der Waals surface area contributed by atoms with Crippen molar-refractivity contribution in [2.24, 2.45) is 0 Å². The molecule has 2 heterocycles. The van der Waals surface area contributed by atoms with E-state index in [0.29, 0.717) is 4.88 Å². The molecule has 1 atom stereocenters. The molecule has 1 aliphatic carbocycles. The van der Waals surface area contributed by atoms with E-state index in [0.717, 1.165) is 73.6 Å². The third-order valence-electron chi connectivity index (χ3n) is 16.8. The molecule has 6 heteroatoms. The van der Waals surface area contributed by atoms with Gasteiger partial charge >= 0.3 is 5.97 Å². The number of para-hydroxylation sites is 2. The molecule has 0 radical (unpaired) electrons. The molecule has 1 aromatic heterocycles. The molecular formula is C76H66N2O3S. The number of thiophene rings is 1. The van der Waals surface area contributed by atoms with E-state index in [4.69, 9.17) is 4.74 Å². The van der Waals surface area contributed by atoms with Crippen LogP contribution in [0.15, 0.2) is 230 Å². The van der Waals surface area contributed by atoms with E-state index in [-0.39, 0.29) is 5.57 Å². The topological polar surface area (TPSA) is 73.6 Å². The molecule has 404 valence electrons. The fraction of sp³-hybridized carbons (Fsp3) is 0.184. The van der Waals surface area contributed by atoms with Crippen LogP contribution in [0.2, 0.25) is 0 Å². The van der Waals surface area contributed by atoms with Gasteiger partial charge in [0.15, 0.2) is 5.60 Å². The van der Waals surface area contributed by atoms with E-state index in [1.165, 1.54) is 113 Å². The van der Waals surface area contributed by atoms with Gasteiger partial charge in [0.05, 0.1) is 5.41 Å². The summed E-state index contributed by atoms with van der Waals surface area (Å²) in [5.74, 6) is -0.408. The maximum atomic E-state index is 11.7. The Balaban J connectivity index is 1.10. The van der Waals surface area contributed by atoms with Crippen molar-refractivity contribution in [3.8, 4) is 33.4 Å². The van der Waals surface area contributed by atoms with Crippen LogP contribution in [0.3, 0.4) is 0 Å². The summed E-state index contributed by atoms with van der Waals surface area (Å²) in [6, 6.07) is 81.5. The minimum absolute atomic E-state index is 0.297. The second-order valence-electron chi connectivity index (χ2n) is 21.8.